The van der Waals surface area contributed by atoms with Gasteiger partial charge in [0.05, 0.1) is 27.0 Å². The SMILES string of the molecule is CCCC(=O)N1CCc2nc(Cc3cc(OC)c(OC)c(OC)c3)ncc2C1. The molecular formula is C21H27N3O4. The van der Waals surface area contributed by atoms with Crippen molar-refractivity contribution in [1.82, 2.24) is 14.9 Å². The average Bonchev–Trinajstić information content (AvgIpc) is 2.72. The topological polar surface area (TPSA) is 73.8 Å². The van der Waals surface area contributed by atoms with Gasteiger partial charge in [-0.25, -0.2) is 9.97 Å². The molecule has 3 rings (SSSR count). The van der Waals surface area contributed by atoms with Crippen molar-refractivity contribution in [3.8, 4) is 17.2 Å². The molecule has 2 aromatic rings. The van der Waals surface area contributed by atoms with Gasteiger partial charge in [-0.2, -0.15) is 0 Å². The smallest absolute Gasteiger partial charge is 0.222 e. The molecule has 7 nitrogen and oxygen atoms in total. The van der Waals surface area contributed by atoms with E-state index >= 15 is 0 Å². The van der Waals surface area contributed by atoms with E-state index in [9.17, 15) is 4.79 Å². The summed E-state index contributed by atoms with van der Waals surface area (Å²) in [6.45, 7) is 3.33. The summed E-state index contributed by atoms with van der Waals surface area (Å²) in [6, 6.07) is 3.82. The summed E-state index contributed by atoms with van der Waals surface area (Å²) >= 11 is 0. The van der Waals surface area contributed by atoms with E-state index in [-0.39, 0.29) is 5.91 Å². The molecule has 1 aromatic carbocycles. The van der Waals surface area contributed by atoms with Crippen molar-refractivity contribution in [2.75, 3.05) is 27.9 Å². The summed E-state index contributed by atoms with van der Waals surface area (Å²) in [4.78, 5) is 23.3. The Bertz CT molecular complexity index is 829. The van der Waals surface area contributed by atoms with Crippen LogP contribution >= 0.6 is 0 Å². The third-order valence-electron chi connectivity index (χ3n) is 4.89. The van der Waals surface area contributed by atoms with E-state index in [4.69, 9.17) is 19.2 Å². The molecule has 0 spiro atoms. The molecule has 0 fully saturated rings. The molecule has 0 atom stereocenters. The molecule has 2 heterocycles. The zero-order chi connectivity index (χ0) is 20.1. The fourth-order valence-corrected chi connectivity index (χ4v) is 3.45. The van der Waals surface area contributed by atoms with E-state index in [0.717, 1.165) is 35.5 Å². The first-order valence-corrected chi connectivity index (χ1v) is 9.49. The Balaban J connectivity index is 1.79. The number of carbonyl (C=O) groups excluding carboxylic acids is 1. The number of fused-ring (bicyclic) bond motifs is 1. The van der Waals surface area contributed by atoms with Crippen molar-refractivity contribution in [1.29, 1.82) is 0 Å². The highest BCUT2D eigenvalue weighted by molar-refractivity contribution is 5.76. The second-order valence-electron chi connectivity index (χ2n) is 6.78. The molecule has 1 aliphatic rings. The highest BCUT2D eigenvalue weighted by Gasteiger charge is 2.22. The maximum atomic E-state index is 12.1. The van der Waals surface area contributed by atoms with Crippen LogP contribution in [0.25, 0.3) is 0 Å². The van der Waals surface area contributed by atoms with Gasteiger partial charge in [-0.05, 0) is 24.1 Å². The van der Waals surface area contributed by atoms with Gasteiger partial charge in [0, 0.05) is 44.1 Å². The van der Waals surface area contributed by atoms with Gasteiger partial charge in [-0.15, -0.1) is 0 Å². The van der Waals surface area contributed by atoms with Gasteiger partial charge in [-0.1, -0.05) is 6.92 Å². The number of hydrogen-bond donors (Lipinski definition) is 0. The van der Waals surface area contributed by atoms with Gasteiger partial charge in [0.2, 0.25) is 11.7 Å². The van der Waals surface area contributed by atoms with E-state index in [1.165, 1.54) is 0 Å². The Labute approximate surface area is 165 Å². The lowest BCUT2D eigenvalue weighted by Crippen LogP contribution is -2.36. The summed E-state index contributed by atoms with van der Waals surface area (Å²) in [6.07, 6.45) is 4.63. The Morgan fingerprint density at radius 3 is 2.46 bits per heavy atom. The van der Waals surface area contributed by atoms with Crippen LogP contribution in [0.5, 0.6) is 17.2 Å². The first-order valence-electron chi connectivity index (χ1n) is 9.49. The van der Waals surface area contributed by atoms with Crippen LogP contribution in [0.2, 0.25) is 0 Å². The van der Waals surface area contributed by atoms with Crippen LogP contribution in [0, 0.1) is 0 Å². The fraction of sp³-hybridized carbons (Fsp3) is 0.476. The average molecular weight is 385 g/mol. The molecule has 1 aromatic heterocycles. The molecule has 150 valence electrons. The lowest BCUT2D eigenvalue weighted by atomic mass is 10.1. The lowest BCUT2D eigenvalue weighted by Gasteiger charge is -2.28. The summed E-state index contributed by atoms with van der Waals surface area (Å²) in [7, 11) is 4.78. The normalized spacial score (nSPS) is 13.1. The van der Waals surface area contributed by atoms with Gasteiger partial charge in [0.15, 0.2) is 11.5 Å². The van der Waals surface area contributed by atoms with Gasteiger partial charge >= 0.3 is 0 Å². The molecule has 0 bridgehead atoms. The summed E-state index contributed by atoms with van der Waals surface area (Å²) < 4.78 is 16.2. The number of hydrogen-bond acceptors (Lipinski definition) is 6. The van der Waals surface area contributed by atoms with Crippen LogP contribution in [-0.2, 0) is 24.2 Å². The zero-order valence-corrected chi connectivity index (χ0v) is 16.9. The number of carbonyl (C=O) groups is 1. The maximum Gasteiger partial charge on any atom is 0.222 e. The van der Waals surface area contributed by atoms with E-state index in [0.29, 0.717) is 43.2 Å². The Kier molecular flexibility index (Phi) is 6.34. The monoisotopic (exact) mass is 385 g/mol. The highest BCUT2D eigenvalue weighted by atomic mass is 16.5. The third-order valence-corrected chi connectivity index (χ3v) is 4.89. The van der Waals surface area contributed by atoms with Crippen LogP contribution in [0.4, 0.5) is 0 Å². The van der Waals surface area contributed by atoms with Gasteiger partial charge in [0.1, 0.15) is 5.82 Å². The van der Waals surface area contributed by atoms with Crippen LogP contribution in [0.1, 0.15) is 42.4 Å². The van der Waals surface area contributed by atoms with Crippen molar-refractivity contribution < 1.29 is 19.0 Å². The van der Waals surface area contributed by atoms with Crippen molar-refractivity contribution in [2.45, 2.75) is 39.2 Å². The molecule has 0 unspecified atom stereocenters. The largest absolute Gasteiger partial charge is 0.493 e. The minimum Gasteiger partial charge on any atom is -0.493 e. The van der Waals surface area contributed by atoms with Crippen molar-refractivity contribution in [3.63, 3.8) is 0 Å². The fourth-order valence-electron chi connectivity index (χ4n) is 3.45. The second-order valence-corrected chi connectivity index (χ2v) is 6.78. The molecule has 1 amide bonds. The minimum absolute atomic E-state index is 0.203. The number of benzene rings is 1. The van der Waals surface area contributed by atoms with Gasteiger partial charge < -0.3 is 19.1 Å². The number of aromatic nitrogens is 2. The number of rotatable bonds is 7. The second kappa shape index (κ2) is 8.91. The Morgan fingerprint density at radius 2 is 1.86 bits per heavy atom. The number of ether oxygens (including phenoxy) is 3. The van der Waals surface area contributed by atoms with E-state index < -0.39 is 0 Å². The molecule has 7 heteroatoms. The van der Waals surface area contributed by atoms with Gasteiger partial charge in [-0.3, -0.25) is 4.79 Å². The third kappa shape index (κ3) is 4.18. The van der Waals surface area contributed by atoms with E-state index in [1.807, 2.05) is 30.2 Å². The van der Waals surface area contributed by atoms with Crippen LogP contribution in [0.3, 0.4) is 0 Å². The van der Waals surface area contributed by atoms with Crippen molar-refractivity contribution in [3.05, 3.63) is 41.0 Å². The molecule has 1 aliphatic heterocycles. The van der Waals surface area contributed by atoms with Gasteiger partial charge in [0.25, 0.3) is 0 Å². The van der Waals surface area contributed by atoms with Crippen LogP contribution in [-0.4, -0.2) is 48.6 Å². The highest BCUT2D eigenvalue weighted by Crippen LogP contribution is 2.38. The minimum atomic E-state index is 0.203. The van der Waals surface area contributed by atoms with Crippen LogP contribution < -0.4 is 14.2 Å². The molecule has 0 N–H and O–H groups in total. The quantitative estimate of drug-likeness (QED) is 0.730. The lowest BCUT2D eigenvalue weighted by molar-refractivity contribution is -0.132. The zero-order valence-electron chi connectivity index (χ0n) is 16.9. The maximum absolute atomic E-state index is 12.1. The first kappa shape index (κ1) is 19.9. The molecule has 0 aliphatic carbocycles. The molecule has 0 radical (unpaired) electrons. The molecule has 0 saturated carbocycles. The molecule has 28 heavy (non-hydrogen) atoms. The standard InChI is InChI=1S/C21H27N3O4/c1-5-6-20(25)24-8-7-16-15(13-24)12-22-19(23-16)11-14-9-17(26-2)21(28-4)18(10-14)27-3/h9-10,12H,5-8,11,13H2,1-4H3. The van der Waals surface area contributed by atoms with Crippen molar-refractivity contribution >= 4 is 5.91 Å². The summed E-state index contributed by atoms with van der Waals surface area (Å²) in [5.74, 6) is 2.73. The predicted octanol–water partition coefficient (Wildman–Crippen LogP) is 2.78. The molecule has 0 saturated heterocycles. The Morgan fingerprint density at radius 1 is 1.14 bits per heavy atom. The Hall–Kier alpha value is -2.83. The number of nitrogens with zero attached hydrogens (tertiary/aromatic N) is 3. The summed E-state index contributed by atoms with van der Waals surface area (Å²) in [5, 5.41) is 0. The predicted molar refractivity (Wildman–Crippen MR) is 105 cm³/mol. The van der Waals surface area contributed by atoms with E-state index in [1.54, 1.807) is 21.3 Å². The number of methoxy groups -OCH3 is 3. The molecular weight excluding hydrogens is 358 g/mol. The van der Waals surface area contributed by atoms with E-state index in [2.05, 4.69) is 4.98 Å². The van der Waals surface area contributed by atoms with Crippen molar-refractivity contribution in [2.24, 2.45) is 0 Å². The summed E-state index contributed by atoms with van der Waals surface area (Å²) in [5.41, 5.74) is 3.03. The van der Waals surface area contributed by atoms with Crippen LogP contribution in [0.15, 0.2) is 18.3 Å². The first-order chi connectivity index (χ1) is 13.6. The number of amides is 1.